The second-order valence-electron chi connectivity index (χ2n) is 7.00. The molecule has 3 nitrogen and oxygen atoms in total. The van der Waals surface area contributed by atoms with Gasteiger partial charge in [0.05, 0.1) is 11.7 Å². The molecule has 2 atom stereocenters. The number of rotatable bonds is 0. The zero-order chi connectivity index (χ0) is 14.8. The van der Waals surface area contributed by atoms with Gasteiger partial charge in [0.2, 0.25) is 6.29 Å². The van der Waals surface area contributed by atoms with Gasteiger partial charge >= 0.3 is 5.97 Å². The maximum Gasteiger partial charge on any atom is 0.339 e. The normalized spacial score (nSPS) is 26.7. The van der Waals surface area contributed by atoms with Crippen LogP contribution >= 0.6 is 0 Å². The van der Waals surface area contributed by atoms with Gasteiger partial charge in [-0.2, -0.15) is 0 Å². The van der Waals surface area contributed by atoms with Crippen molar-refractivity contribution in [3.05, 3.63) is 11.6 Å². The Bertz CT molecular complexity index is 441. The van der Waals surface area contributed by atoms with Crippen LogP contribution in [-0.2, 0) is 14.3 Å². The van der Waals surface area contributed by atoms with Crippen molar-refractivity contribution in [1.82, 2.24) is 0 Å². The Labute approximate surface area is 117 Å². The van der Waals surface area contributed by atoms with E-state index in [2.05, 4.69) is 31.1 Å². The quantitative estimate of drug-likeness (QED) is 0.296. The van der Waals surface area contributed by atoms with Crippen LogP contribution in [0.3, 0.4) is 0 Å². The summed E-state index contributed by atoms with van der Waals surface area (Å²) >= 11 is 0. The lowest BCUT2D eigenvalue weighted by molar-refractivity contribution is -0.225. The second-order valence-corrected chi connectivity index (χ2v) is 11.8. The predicted octanol–water partition coefficient (Wildman–Crippen LogP) is 3.13. The van der Waals surface area contributed by atoms with E-state index in [0.717, 1.165) is 0 Å². The van der Waals surface area contributed by atoms with Gasteiger partial charge in [-0.25, -0.2) is 4.79 Å². The van der Waals surface area contributed by atoms with E-state index in [1.54, 1.807) is 6.08 Å². The lowest BCUT2D eigenvalue weighted by Gasteiger charge is -2.36. The Balaban J connectivity index is 2.87. The van der Waals surface area contributed by atoms with Crippen molar-refractivity contribution in [2.75, 3.05) is 0 Å². The summed E-state index contributed by atoms with van der Waals surface area (Å²) in [7, 11) is -1.43. The highest BCUT2D eigenvalue weighted by Gasteiger charge is 2.38. The molecule has 0 bridgehead atoms. The first-order valence-electron chi connectivity index (χ1n) is 6.60. The molecule has 0 saturated carbocycles. The van der Waals surface area contributed by atoms with Crippen LogP contribution in [-0.4, -0.2) is 26.4 Å². The molecule has 4 heteroatoms. The molecule has 0 unspecified atom stereocenters. The van der Waals surface area contributed by atoms with Gasteiger partial charge < -0.3 is 9.47 Å². The lowest BCUT2D eigenvalue weighted by Crippen LogP contribution is -2.43. The van der Waals surface area contributed by atoms with Crippen LogP contribution in [0.25, 0.3) is 0 Å². The molecule has 0 aliphatic carbocycles. The molecule has 19 heavy (non-hydrogen) atoms. The number of cyclic esters (lactones) is 1. The summed E-state index contributed by atoms with van der Waals surface area (Å²) in [4.78, 5) is 12.0. The van der Waals surface area contributed by atoms with Crippen molar-refractivity contribution in [3.63, 3.8) is 0 Å². The van der Waals surface area contributed by atoms with Crippen molar-refractivity contribution in [3.8, 4) is 11.5 Å². The van der Waals surface area contributed by atoms with Gasteiger partial charge in [-0.1, -0.05) is 46.3 Å². The van der Waals surface area contributed by atoms with Crippen LogP contribution in [0.5, 0.6) is 0 Å². The largest absolute Gasteiger partial charge is 0.432 e. The van der Waals surface area contributed by atoms with Crippen molar-refractivity contribution in [2.45, 2.75) is 59.7 Å². The van der Waals surface area contributed by atoms with E-state index in [1.807, 2.05) is 27.7 Å². The van der Waals surface area contributed by atoms with Crippen molar-refractivity contribution >= 4 is 14.0 Å². The molecular weight excluding hydrogens is 256 g/mol. The molecule has 0 aromatic heterocycles. The minimum Gasteiger partial charge on any atom is -0.432 e. The Morgan fingerprint density at radius 1 is 1.26 bits per heavy atom. The van der Waals surface area contributed by atoms with E-state index in [4.69, 9.17) is 9.47 Å². The van der Waals surface area contributed by atoms with Crippen LogP contribution in [0.4, 0.5) is 0 Å². The van der Waals surface area contributed by atoms with Crippen LogP contribution < -0.4 is 0 Å². The average molecular weight is 280 g/mol. The maximum absolute atomic E-state index is 12.0. The minimum atomic E-state index is -1.43. The third-order valence-corrected chi connectivity index (χ3v) is 3.49. The smallest absolute Gasteiger partial charge is 0.339 e. The Hall–Kier alpha value is -1.05. The number of hydrogen-bond donors (Lipinski definition) is 0. The molecule has 1 heterocycles. The number of carbonyl (C=O) groups is 1. The molecule has 0 radical (unpaired) electrons. The molecule has 0 spiro atoms. The molecule has 1 aliphatic rings. The van der Waals surface area contributed by atoms with Crippen molar-refractivity contribution < 1.29 is 14.3 Å². The highest BCUT2D eigenvalue weighted by Crippen LogP contribution is 2.30. The Kier molecular flexibility index (Phi) is 4.65. The van der Waals surface area contributed by atoms with Gasteiger partial charge in [-0.05, 0) is 6.92 Å². The molecule has 0 amide bonds. The second kappa shape index (κ2) is 5.52. The van der Waals surface area contributed by atoms with E-state index < -0.39 is 14.4 Å². The zero-order valence-corrected chi connectivity index (χ0v) is 14.0. The van der Waals surface area contributed by atoms with Gasteiger partial charge in [-0.15, -0.1) is 5.54 Å². The summed E-state index contributed by atoms with van der Waals surface area (Å²) < 4.78 is 11.1. The van der Waals surface area contributed by atoms with Crippen LogP contribution in [0.15, 0.2) is 11.6 Å². The van der Waals surface area contributed by atoms with E-state index in [1.165, 1.54) is 0 Å². The summed E-state index contributed by atoms with van der Waals surface area (Å²) in [6, 6.07) is 0. The fourth-order valence-electron chi connectivity index (χ4n) is 1.51. The first-order valence-corrected chi connectivity index (χ1v) is 10.1. The molecule has 0 aromatic carbocycles. The number of allylic oxidation sites excluding steroid dienone is 1. The zero-order valence-electron chi connectivity index (χ0n) is 13.0. The summed E-state index contributed by atoms with van der Waals surface area (Å²) in [6.45, 7) is 14.3. The van der Waals surface area contributed by atoms with E-state index in [0.29, 0.717) is 5.57 Å². The van der Waals surface area contributed by atoms with Crippen LogP contribution in [0, 0.1) is 16.9 Å². The summed E-state index contributed by atoms with van der Waals surface area (Å²) in [5, 5.41) is 0. The van der Waals surface area contributed by atoms with Gasteiger partial charge in [0.15, 0.2) is 0 Å². The van der Waals surface area contributed by atoms with Gasteiger partial charge in [0.1, 0.15) is 8.07 Å². The molecular formula is C15H24O3Si. The number of hydrogen-bond acceptors (Lipinski definition) is 3. The summed E-state index contributed by atoms with van der Waals surface area (Å²) in [5.41, 5.74) is 3.48. The van der Waals surface area contributed by atoms with Crippen molar-refractivity contribution in [2.24, 2.45) is 5.41 Å². The van der Waals surface area contributed by atoms with E-state index in [-0.39, 0.29) is 17.5 Å². The highest BCUT2D eigenvalue weighted by atomic mass is 28.3. The van der Waals surface area contributed by atoms with Gasteiger partial charge in [-0.3, -0.25) is 0 Å². The van der Waals surface area contributed by atoms with E-state index in [9.17, 15) is 4.79 Å². The first kappa shape index (κ1) is 16.0. The molecule has 1 rings (SSSR count). The molecule has 1 aliphatic heterocycles. The molecule has 106 valence electrons. The van der Waals surface area contributed by atoms with Crippen LogP contribution in [0.1, 0.15) is 27.7 Å². The SMILES string of the molecule is C[C@H]1O[C@@H](C(C)(C)C)OC(=O)/C1=C/C#C[Si](C)(C)C. The average Bonchev–Trinajstić information content (AvgIpc) is 2.18. The standard InChI is InChI=1S/C15H24O3Si/c1-11-12(9-8-10-19(5,6)7)13(16)18-14(17-11)15(2,3)4/h9,11,14H,1-7H3/b12-9+/t11-,14-/m1/s1. The van der Waals surface area contributed by atoms with Gasteiger partial charge in [0.25, 0.3) is 0 Å². The third-order valence-electron chi connectivity index (χ3n) is 2.60. The number of esters is 1. The Morgan fingerprint density at radius 2 is 1.84 bits per heavy atom. The number of ether oxygens (including phenoxy) is 2. The summed E-state index contributed by atoms with van der Waals surface area (Å²) in [6.07, 6.45) is 0.864. The molecule has 1 saturated heterocycles. The molecule has 1 fully saturated rings. The first-order chi connectivity index (χ1) is 8.50. The van der Waals surface area contributed by atoms with E-state index >= 15 is 0 Å². The Morgan fingerprint density at radius 3 is 2.26 bits per heavy atom. The molecule has 0 N–H and O–H groups in total. The highest BCUT2D eigenvalue weighted by molar-refractivity contribution is 6.83. The monoisotopic (exact) mass is 280 g/mol. The molecule has 0 aromatic rings. The minimum absolute atomic E-state index is 0.223. The fourth-order valence-corrected chi connectivity index (χ4v) is 2.01. The number of carbonyl (C=O) groups excluding carboxylic acids is 1. The predicted molar refractivity (Wildman–Crippen MR) is 79.1 cm³/mol. The van der Waals surface area contributed by atoms with Crippen LogP contribution in [0.2, 0.25) is 19.6 Å². The summed E-state index contributed by atoms with van der Waals surface area (Å²) in [5.74, 6) is 2.66. The lowest BCUT2D eigenvalue weighted by atomic mass is 9.94. The third kappa shape index (κ3) is 4.85. The maximum atomic E-state index is 12.0. The fraction of sp³-hybridized carbons (Fsp3) is 0.667. The van der Waals surface area contributed by atoms with Crippen molar-refractivity contribution in [1.29, 1.82) is 0 Å². The topological polar surface area (TPSA) is 35.5 Å². The van der Waals surface area contributed by atoms with Gasteiger partial charge in [0, 0.05) is 11.5 Å².